The zero-order valence-corrected chi connectivity index (χ0v) is 11.8. The third-order valence-electron chi connectivity index (χ3n) is 3.03. The maximum Gasteiger partial charge on any atom is 0.295 e. The molecule has 7 heteroatoms. The molecule has 0 aliphatic carbocycles. The van der Waals surface area contributed by atoms with Gasteiger partial charge in [-0.25, -0.2) is 4.39 Å². The second kappa shape index (κ2) is 6.43. The van der Waals surface area contributed by atoms with E-state index in [1.54, 1.807) is 0 Å². The zero-order chi connectivity index (χ0) is 13.8. The largest absolute Gasteiger partial charge is 0.378 e. The molecule has 1 fully saturated rings. The minimum absolute atomic E-state index is 0.107. The van der Waals surface area contributed by atoms with Crippen LogP contribution in [-0.4, -0.2) is 22.5 Å². The van der Waals surface area contributed by atoms with Crippen LogP contribution in [-0.2, 0) is 0 Å². The molecule has 0 radical (unpaired) electrons. The molecular weight excluding hydrogens is 291 g/mol. The Morgan fingerprint density at radius 1 is 1.53 bits per heavy atom. The Morgan fingerprint density at radius 3 is 2.95 bits per heavy atom. The SMILES string of the molecule is O=[N+]([O-])c1cc(F)c(Cl)cc1NCC1CCCCS1. The van der Waals surface area contributed by atoms with Gasteiger partial charge in [-0.2, -0.15) is 11.8 Å². The van der Waals surface area contributed by atoms with Gasteiger partial charge in [0.25, 0.3) is 5.69 Å². The number of benzene rings is 1. The number of rotatable bonds is 4. The third-order valence-corrected chi connectivity index (χ3v) is 4.72. The summed E-state index contributed by atoms with van der Waals surface area (Å²) in [5.74, 6) is 0.351. The molecule has 0 aromatic heterocycles. The number of nitrogens with zero attached hydrogens (tertiary/aromatic N) is 1. The van der Waals surface area contributed by atoms with Gasteiger partial charge < -0.3 is 5.32 Å². The van der Waals surface area contributed by atoms with Crippen LogP contribution in [0.3, 0.4) is 0 Å². The average Bonchev–Trinajstić information content (AvgIpc) is 2.40. The Labute approximate surface area is 119 Å². The van der Waals surface area contributed by atoms with E-state index in [2.05, 4.69) is 5.32 Å². The normalized spacial score (nSPS) is 19.2. The summed E-state index contributed by atoms with van der Waals surface area (Å²) in [7, 11) is 0. The van der Waals surface area contributed by atoms with Crippen molar-refractivity contribution in [3.63, 3.8) is 0 Å². The van der Waals surface area contributed by atoms with Gasteiger partial charge in [-0.1, -0.05) is 18.0 Å². The van der Waals surface area contributed by atoms with Crippen molar-refractivity contribution in [2.24, 2.45) is 0 Å². The van der Waals surface area contributed by atoms with Crippen LogP contribution < -0.4 is 5.32 Å². The number of hydrogen-bond acceptors (Lipinski definition) is 4. The first-order valence-electron chi connectivity index (χ1n) is 6.07. The number of hydrogen-bond donors (Lipinski definition) is 1. The first kappa shape index (κ1) is 14.4. The van der Waals surface area contributed by atoms with Crippen LogP contribution in [0.4, 0.5) is 15.8 Å². The lowest BCUT2D eigenvalue weighted by Gasteiger charge is -2.21. The molecule has 1 heterocycles. The molecule has 0 saturated carbocycles. The molecule has 1 aromatic carbocycles. The molecule has 1 atom stereocenters. The summed E-state index contributed by atoms with van der Waals surface area (Å²) in [6.07, 6.45) is 3.51. The van der Waals surface area contributed by atoms with Crippen molar-refractivity contribution in [1.29, 1.82) is 0 Å². The molecule has 1 aromatic rings. The molecule has 0 spiro atoms. The fourth-order valence-electron chi connectivity index (χ4n) is 2.02. The van der Waals surface area contributed by atoms with Crippen LogP contribution in [0.1, 0.15) is 19.3 Å². The van der Waals surface area contributed by atoms with Crippen LogP contribution in [0, 0.1) is 15.9 Å². The average molecular weight is 305 g/mol. The van der Waals surface area contributed by atoms with Gasteiger partial charge in [-0.15, -0.1) is 0 Å². The number of nitro groups is 1. The predicted molar refractivity (Wildman–Crippen MR) is 76.7 cm³/mol. The van der Waals surface area contributed by atoms with Gasteiger partial charge in [-0.3, -0.25) is 10.1 Å². The lowest BCUT2D eigenvalue weighted by Crippen LogP contribution is -2.20. The third kappa shape index (κ3) is 3.73. The van der Waals surface area contributed by atoms with E-state index in [9.17, 15) is 14.5 Å². The second-order valence-electron chi connectivity index (χ2n) is 4.41. The highest BCUT2D eigenvalue weighted by Crippen LogP contribution is 2.31. The summed E-state index contributed by atoms with van der Waals surface area (Å²) in [4.78, 5) is 10.3. The smallest absolute Gasteiger partial charge is 0.295 e. The van der Waals surface area contributed by atoms with Gasteiger partial charge in [0.2, 0.25) is 0 Å². The van der Waals surface area contributed by atoms with E-state index in [1.165, 1.54) is 18.9 Å². The van der Waals surface area contributed by atoms with E-state index in [-0.39, 0.29) is 16.4 Å². The monoisotopic (exact) mass is 304 g/mol. The lowest BCUT2D eigenvalue weighted by atomic mass is 10.2. The molecule has 1 aliphatic heterocycles. The number of nitrogens with one attached hydrogen (secondary N) is 1. The van der Waals surface area contributed by atoms with E-state index in [0.717, 1.165) is 18.2 Å². The van der Waals surface area contributed by atoms with Gasteiger partial charge in [-0.05, 0) is 24.7 Å². The van der Waals surface area contributed by atoms with E-state index in [0.29, 0.717) is 11.8 Å². The van der Waals surface area contributed by atoms with Gasteiger partial charge in [0, 0.05) is 11.8 Å². The molecule has 1 unspecified atom stereocenters. The van der Waals surface area contributed by atoms with Crippen LogP contribution in [0.15, 0.2) is 12.1 Å². The Hall–Kier alpha value is -1.01. The van der Waals surface area contributed by atoms with E-state index >= 15 is 0 Å². The standard InChI is InChI=1S/C12H14ClFN2O2S/c13-9-5-11(12(16(17)18)6-10(9)14)15-7-8-3-1-2-4-19-8/h5-6,8,15H,1-4,7H2. The van der Waals surface area contributed by atoms with Gasteiger partial charge >= 0.3 is 0 Å². The van der Waals surface area contributed by atoms with Gasteiger partial charge in [0.15, 0.2) is 0 Å². The summed E-state index contributed by atoms with van der Waals surface area (Å²) in [6, 6.07) is 2.14. The van der Waals surface area contributed by atoms with Crippen molar-refractivity contribution in [1.82, 2.24) is 0 Å². The Morgan fingerprint density at radius 2 is 2.32 bits per heavy atom. The van der Waals surface area contributed by atoms with E-state index < -0.39 is 10.7 Å². The summed E-state index contributed by atoms with van der Waals surface area (Å²) in [6.45, 7) is 0.632. The molecule has 0 amide bonds. The molecule has 104 valence electrons. The van der Waals surface area contributed by atoms with Crippen LogP contribution >= 0.6 is 23.4 Å². The quantitative estimate of drug-likeness (QED) is 0.672. The van der Waals surface area contributed by atoms with E-state index in [4.69, 9.17) is 11.6 Å². The van der Waals surface area contributed by atoms with Crippen molar-refractivity contribution in [2.75, 3.05) is 17.6 Å². The minimum Gasteiger partial charge on any atom is -0.378 e. The summed E-state index contributed by atoms with van der Waals surface area (Å²) >= 11 is 7.53. The topological polar surface area (TPSA) is 55.2 Å². The van der Waals surface area contributed by atoms with E-state index in [1.807, 2.05) is 11.8 Å². The highest BCUT2D eigenvalue weighted by molar-refractivity contribution is 7.99. The Balaban J connectivity index is 2.09. The molecule has 4 nitrogen and oxygen atoms in total. The van der Waals surface area contributed by atoms with Crippen LogP contribution in [0.5, 0.6) is 0 Å². The number of anilines is 1. The molecule has 1 aliphatic rings. The van der Waals surface area contributed by atoms with Gasteiger partial charge in [0.05, 0.1) is 16.0 Å². The molecule has 0 bridgehead atoms. The van der Waals surface area contributed by atoms with Crippen molar-refractivity contribution in [3.8, 4) is 0 Å². The van der Waals surface area contributed by atoms with Crippen LogP contribution in [0.25, 0.3) is 0 Å². The molecule has 1 saturated heterocycles. The van der Waals surface area contributed by atoms with Crippen LogP contribution in [0.2, 0.25) is 5.02 Å². The maximum absolute atomic E-state index is 13.2. The van der Waals surface area contributed by atoms with Crippen molar-refractivity contribution >= 4 is 34.7 Å². The molecule has 1 N–H and O–H groups in total. The minimum atomic E-state index is -0.772. The summed E-state index contributed by atoms with van der Waals surface area (Å²) in [5.41, 5.74) is 0.00489. The Bertz CT molecular complexity index is 481. The number of thioether (sulfide) groups is 1. The first-order valence-corrected chi connectivity index (χ1v) is 7.49. The van der Waals surface area contributed by atoms with Gasteiger partial charge in [0.1, 0.15) is 11.5 Å². The van der Waals surface area contributed by atoms with Crippen molar-refractivity contribution in [3.05, 3.63) is 33.1 Å². The Kier molecular flexibility index (Phi) is 4.87. The molecular formula is C12H14ClFN2O2S. The first-order chi connectivity index (χ1) is 9.08. The number of halogens is 2. The lowest BCUT2D eigenvalue weighted by molar-refractivity contribution is -0.384. The fraction of sp³-hybridized carbons (Fsp3) is 0.500. The number of nitro benzene ring substituents is 1. The molecule has 19 heavy (non-hydrogen) atoms. The fourth-order valence-corrected chi connectivity index (χ4v) is 3.42. The highest BCUT2D eigenvalue weighted by Gasteiger charge is 2.20. The summed E-state index contributed by atoms with van der Waals surface area (Å²) < 4.78 is 13.2. The molecule has 2 rings (SSSR count). The zero-order valence-electron chi connectivity index (χ0n) is 10.2. The van der Waals surface area contributed by atoms with Crippen molar-refractivity contribution < 1.29 is 9.31 Å². The highest BCUT2D eigenvalue weighted by atomic mass is 35.5. The summed E-state index contributed by atoms with van der Waals surface area (Å²) in [5, 5.41) is 14.2. The van der Waals surface area contributed by atoms with Crippen molar-refractivity contribution in [2.45, 2.75) is 24.5 Å². The predicted octanol–water partition coefficient (Wildman–Crippen LogP) is 4.08. The second-order valence-corrected chi connectivity index (χ2v) is 6.23. The maximum atomic E-state index is 13.2.